The van der Waals surface area contributed by atoms with Crippen molar-refractivity contribution in [2.24, 2.45) is 5.10 Å². The van der Waals surface area contributed by atoms with Gasteiger partial charge in [-0.3, -0.25) is 9.59 Å². The van der Waals surface area contributed by atoms with E-state index in [0.717, 1.165) is 16.7 Å². The number of carbonyl (C=O) groups excluding carboxylic acids is 2. The highest BCUT2D eigenvalue weighted by atomic mass is 79.9. The Kier molecular flexibility index (Phi) is 7.65. The Labute approximate surface area is 192 Å². The molecule has 0 radical (unpaired) electrons. The van der Waals surface area contributed by atoms with Crippen molar-refractivity contribution in [3.05, 3.63) is 63.1 Å². The quantitative estimate of drug-likeness (QED) is 0.424. The van der Waals surface area contributed by atoms with Crippen LogP contribution in [0.1, 0.15) is 68.6 Å². The molecule has 2 aromatic rings. The number of rotatable bonds is 5. The Morgan fingerprint density at radius 1 is 1.03 bits per heavy atom. The molecule has 0 atom stereocenters. The Morgan fingerprint density at radius 3 is 2.10 bits per heavy atom. The number of amides is 2. The fourth-order valence-corrected chi connectivity index (χ4v) is 3.46. The molecule has 7 heteroatoms. The summed E-state index contributed by atoms with van der Waals surface area (Å²) in [5.41, 5.74) is 4.76. The summed E-state index contributed by atoms with van der Waals surface area (Å²) in [4.78, 5) is 24.2. The Balaban J connectivity index is 2.09. The Hall–Kier alpha value is -2.67. The molecule has 2 rings (SSSR count). The van der Waals surface area contributed by atoms with Crippen molar-refractivity contribution in [2.45, 2.75) is 52.4 Å². The van der Waals surface area contributed by atoms with Gasteiger partial charge in [-0.05, 0) is 56.6 Å². The van der Waals surface area contributed by atoms with E-state index in [1.807, 2.05) is 59.7 Å². The summed E-state index contributed by atoms with van der Waals surface area (Å²) < 4.78 is 0.655. The second-order valence-corrected chi connectivity index (χ2v) is 10.3. The zero-order valence-electron chi connectivity index (χ0n) is 18.8. The number of hydrogen-bond acceptors (Lipinski definition) is 4. The number of phenolic OH excluding ortho intramolecular Hbond substituents is 1. The molecule has 166 valence electrons. The van der Waals surface area contributed by atoms with E-state index in [1.54, 1.807) is 18.2 Å². The smallest absolute Gasteiger partial charge is 0.259 e. The molecule has 0 fully saturated rings. The van der Waals surface area contributed by atoms with E-state index >= 15 is 0 Å². The topological polar surface area (TPSA) is 90.8 Å². The van der Waals surface area contributed by atoms with Crippen molar-refractivity contribution in [3.63, 3.8) is 0 Å². The first-order chi connectivity index (χ1) is 14.3. The number of carbonyl (C=O) groups is 2. The van der Waals surface area contributed by atoms with Crippen LogP contribution in [0.25, 0.3) is 0 Å². The molecule has 31 heavy (non-hydrogen) atoms. The zero-order valence-corrected chi connectivity index (χ0v) is 20.4. The maximum absolute atomic E-state index is 12.2. The lowest BCUT2D eigenvalue weighted by Gasteiger charge is -2.27. The van der Waals surface area contributed by atoms with Crippen LogP contribution in [0.3, 0.4) is 0 Å². The van der Waals surface area contributed by atoms with Crippen molar-refractivity contribution < 1.29 is 14.7 Å². The van der Waals surface area contributed by atoms with E-state index in [-0.39, 0.29) is 29.0 Å². The fourth-order valence-electron chi connectivity index (χ4n) is 2.99. The van der Waals surface area contributed by atoms with Crippen LogP contribution < -0.4 is 10.7 Å². The molecule has 0 saturated carbocycles. The van der Waals surface area contributed by atoms with Gasteiger partial charge in [-0.1, -0.05) is 53.7 Å². The van der Waals surface area contributed by atoms with Gasteiger partial charge in [0.2, 0.25) is 0 Å². The molecule has 0 aliphatic heterocycles. The van der Waals surface area contributed by atoms with Gasteiger partial charge in [-0.25, -0.2) is 5.43 Å². The van der Waals surface area contributed by atoms with Crippen molar-refractivity contribution in [2.75, 3.05) is 6.54 Å². The lowest BCUT2D eigenvalue weighted by Crippen LogP contribution is -2.35. The summed E-state index contributed by atoms with van der Waals surface area (Å²) in [6, 6.07) is 10.7. The average Bonchev–Trinajstić information content (AvgIpc) is 2.65. The minimum atomic E-state index is -0.442. The zero-order chi connectivity index (χ0) is 23.4. The maximum atomic E-state index is 12.2. The van der Waals surface area contributed by atoms with Crippen molar-refractivity contribution in [1.29, 1.82) is 0 Å². The van der Waals surface area contributed by atoms with E-state index in [4.69, 9.17) is 0 Å². The van der Waals surface area contributed by atoms with Crippen LogP contribution in [0.5, 0.6) is 5.75 Å². The minimum Gasteiger partial charge on any atom is -0.507 e. The van der Waals surface area contributed by atoms with E-state index < -0.39 is 5.91 Å². The predicted octanol–water partition coefficient (Wildman–Crippen LogP) is 4.63. The number of benzene rings is 2. The lowest BCUT2D eigenvalue weighted by molar-refractivity contribution is -0.120. The van der Waals surface area contributed by atoms with Gasteiger partial charge in [0.05, 0.1) is 18.3 Å². The highest BCUT2D eigenvalue weighted by Gasteiger charge is 2.26. The Morgan fingerprint density at radius 2 is 1.58 bits per heavy atom. The summed E-state index contributed by atoms with van der Waals surface area (Å²) in [5.74, 6) is -0.506. The molecule has 6 nitrogen and oxygen atoms in total. The van der Waals surface area contributed by atoms with Gasteiger partial charge in [0.25, 0.3) is 11.8 Å². The van der Waals surface area contributed by atoms with Crippen LogP contribution in [0.4, 0.5) is 0 Å². The molecule has 3 N–H and O–H groups in total. The van der Waals surface area contributed by atoms with Crippen molar-refractivity contribution in [1.82, 2.24) is 10.7 Å². The van der Waals surface area contributed by atoms with Crippen molar-refractivity contribution >= 4 is 34.0 Å². The molecule has 0 aliphatic carbocycles. The maximum Gasteiger partial charge on any atom is 0.259 e. The molecule has 0 spiro atoms. The van der Waals surface area contributed by atoms with Gasteiger partial charge in [0, 0.05) is 15.6 Å². The van der Waals surface area contributed by atoms with Gasteiger partial charge >= 0.3 is 0 Å². The number of phenols is 1. The van der Waals surface area contributed by atoms with Gasteiger partial charge in [0.15, 0.2) is 0 Å². The summed E-state index contributed by atoms with van der Waals surface area (Å²) >= 11 is 3.31. The molecule has 2 amide bonds. The largest absolute Gasteiger partial charge is 0.507 e. The highest BCUT2D eigenvalue weighted by molar-refractivity contribution is 9.10. The van der Waals surface area contributed by atoms with E-state index in [0.29, 0.717) is 10.0 Å². The third-order valence-corrected chi connectivity index (χ3v) is 5.37. The first kappa shape index (κ1) is 24.6. The van der Waals surface area contributed by atoms with Gasteiger partial charge in [0.1, 0.15) is 5.75 Å². The van der Waals surface area contributed by atoms with E-state index in [1.165, 1.54) is 6.21 Å². The lowest BCUT2D eigenvalue weighted by atomic mass is 9.78. The number of nitrogens with zero attached hydrogens (tertiary/aromatic N) is 1. The van der Waals surface area contributed by atoms with Crippen molar-refractivity contribution in [3.8, 4) is 5.75 Å². The summed E-state index contributed by atoms with van der Waals surface area (Å²) in [6.07, 6.45) is 1.54. The molecule has 0 saturated heterocycles. The number of hydrazone groups is 1. The second-order valence-electron chi connectivity index (χ2n) is 9.42. The molecule has 0 heterocycles. The SMILES string of the molecule is CC(C)(C)c1cc(C=NNC(=O)CNC(=O)c2ccccc2Br)cc(C(C)(C)C)c1O. The summed E-state index contributed by atoms with van der Waals surface area (Å²) in [5, 5.41) is 17.4. The second kappa shape index (κ2) is 9.64. The van der Waals surface area contributed by atoms with Gasteiger partial charge in [-0.2, -0.15) is 5.10 Å². The predicted molar refractivity (Wildman–Crippen MR) is 128 cm³/mol. The van der Waals surface area contributed by atoms with E-state index in [9.17, 15) is 14.7 Å². The van der Waals surface area contributed by atoms with Crippen LogP contribution in [0, 0.1) is 0 Å². The molecule has 0 aromatic heterocycles. The molecular formula is C24H30BrN3O3. The summed E-state index contributed by atoms with van der Waals surface area (Å²) in [7, 11) is 0. The van der Waals surface area contributed by atoms with Crippen LogP contribution >= 0.6 is 15.9 Å². The highest BCUT2D eigenvalue weighted by Crippen LogP contribution is 2.39. The third-order valence-electron chi connectivity index (χ3n) is 4.68. The molecule has 0 aliphatic rings. The first-order valence-electron chi connectivity index (χ1n) is 10.0. The van der Waals surface area contributed by atoms with Crippen LogP contribution in [0.2, 0.25) is 0 Å². The number of hydrogen-bond donors (Lipinski definition) is 3. The van der Waals surface area contributed by atoms with Crippen LogP contribution in [0.15, 0.2) is 46.0 Å². The number of aromatic hydroxyl groups is 1. The normalized spacial score (nSPS) is 12.1. The fraction of sp³-hybridized carbons (Fsp3) is 0.375. The molecule has 0 bridgehead atoms. The monoisotopic (exact) mass is 487 g/mol. The molecule has 0 unspecified atom stereocenters. The molecule has 2 aromatic carbocycles. The van der Waals surface area contributed by atoms with Gasteiger partial charge < -0.3 is 10.4 Å². The summed E-state index contributed by atoms with van der Waals surface area (Å²) in [6.45, 7) is 12.0. The van der Waals surface area contributed by atoms with Crippen LogP contribution in [-0.4, -0.2) is 29.7 Å². The number of nitrogens with one attached hydrogen (secondary N) is 2. The Bertz CT molecular complexity index is 967. The van der Waals surface area contributed by atoms with E-state index in [2.05, 4.69) is 31.8 Å². The first-order valence-corrected chi connectivity index (χ1v) is 10.8. The van der Waals surface area contributed by atoms with Gasteiger partial charge in [-0.15, -0.1) is 0 Å². The standard InChI is InChI=1S/C24H30BrN3O3/c1-23(2,3)17-11-15(12-18(21(17)30)24(4,5)6)13-27-28-20(29)14-26-22(31)16-9-7-8-10-19(16)25/h7-13,30H,14H2,1-6H3,(H,26,31)(H,28,29). The van der Waals surface area contributed by atoms with Crippen LogP contribution in [-0.2, 0) is 15.6 Å². The average molecular weight is 488 g/mol. The molecular weight excluding hydrogens is 458 g/mol. The number of halogens is 1. The minimum absolute atomic E-state index is 0.201. The third kappa shape index (κ3) is 6.66.